The molecule has 0 aliphatic carbocycles. The summed E-state index contributed by atoms with van der Waals surface area (Å²) in [6, 6.07) is 10.8. The Labute approximate surface area is 195 Å². The van der Waals surface area contributed by atoms with Crippen molar-refractivity contribution in [2.45, 2.75) is 31.7 Å². The summed E-state index contributed by atoms with van der Waals surface area (Å²) in [5.41, 5.74) is 0.614. The number of aromatic nitrogens is 2. The fraction of sp³-hybridized carbons (Fsp3) is 0.238. The van der Waals surface area contributed by atoms with Gasteiger partial charge in [-0.3, -0.25) is 14.3 Å². The smallest absolute Gasteiger partial charge is 0.295 e. The summed E-state index contributed by atoms with van der Waals surface area (Å²) in [6.07, 6.45) is 0. The van der Waals surface area contributed by atoms with Crippen LogP contribution in [-0.4, -0.2) is 29.7 Å². The second-order valence-electron chi connectivity index (χ2n) is 7.43. The van der Waals surface area contributed by atoms with Crippen LogP contribution in [0.1, 0.15) is 29.9 Å². The third kappa shape index (κ3) is 4.61. The number of para-hydroxylation sites is 1. The quantitative estimate of drug-likeness (QED) is 0.542. The van der Waals surface area contributed by atoms with E-state index in [-0.39, 0.29) is 32.2 Å². The number of anilines is 1. The summed E-state index contributed by atoms with van der Waals surface area (Å²) >= 11 is 12.3. The molecule has 0 aliphatic heterocycles. The zero-order chi connectivity index (χ0) is 23.8. The molecule has 8 nitrogen and oxygen atoms in total. The molecule has 2 N–H and O–H groups in total. The number of amides is 1. The van der Waals surface area contributed by atoms with Gasteiger partial charge in [-0.15, -0.1) is 0 Å². The van der Waals surface area contributed by atoms with Crippen molar-refractivity contribution >= 4 is 44.8 Å². The van der Waals surface area contributed by atoms with E-state index in [0.717, 1.165) is 6.07 Å². The number of carbonyl (C=O) groups excluding carboxylic acids is 1. The van der Waals surface area contributed by atoms with Gasteiger partial charge in [0.2, 0.25) is 10.0 Å². The van der Waals surface area contributed by atoms with Gasteiger partial charge in [0.05, 0.1) is 27.0 Å². The predicted octanol–water partition coefficient (Wildman–Crippen LogP) is 3.73. The molecule has 0 unspecified atom stereocenters. The fourth-order valence-electron chi connectivity index (χ4n) is 3.18. The van der Waals surface area contributed by atoms with Crippen molar-refractivity contribution in [3.05, 3.63) is 74.1 Å². The first-order valence-electron chi connectivity index (χ1n) is 9.60. The normalized spacial score (nSPS) is 11.7. The summed E-state index contributed by atoms with van der Waals surface area (Å²) in [6.45, 7) is 5.00. The van der Waals surface area contributed by atoms with Crippen molar-refractivity contribution in [1.29, 1.82) is 0 Å². The second-order valence-corrected chi connectivity index (χ2v) is 9.93. The largest absolute Gasteiger partial charge is 0.316 e. The first-order chi connectivity index (χ1) is 14.9. The molecule has 11 heteroatoms. The number of nitrogens with one attached hydrogen (secondary N) is 2. The Morgan fingerprint density at radius 2 is 1.69 bits per heavy atom. The van der Waals surface area contributed by atoms with Crippen LogP contribution in [0.15, 0.2) is 52.2 Å². The van der Waals surface area contributed by atoms with Gasteiger partial charge in [-0.25, -0.2) is 17.8 Å². The van der Waals surface area contributed by atoms with Crippen molar-refractivity contribution in [3.63, 3.8) is 0 Å². The molecule has 170 valence electrons. The highest BCUT2D eigenvalue weighted by atomic mass is 35.5. The van der Waals surface area contributed by atoms with E-state index < -0.39 is 21.5 Å². The maximum atomic E-state index is 13.0. The van der Waals surface area contributed by atoms with Gasteiger partial charge in [0.25, 0.3) is 11.5 Å². The lowest BCUT2D eigenvalue weighted by Crippen LogP contribution is -2.30. The summed E-state index contributed by atoms with van der Waals surface area (Å²) in [5.74, 6) is -0.737. The fourth-order valence-corrected chi connectivity index (χ4v) is 5.29. The average Bonchev–Trinajstić information content (AvgIpc) is 2.90. The summed E-state index contributed by atoms with van der Waals surface area (Å²) in [7, 11) is -2.29. The molecule has 0 bridgehead atoms. The molecule has 32 heavy (non-hydrogen) atoms. The van der Waals surface area contributed by atoms with E-state index in [1.807, 2.05) is 6.07 Å². The third-order valence-corrected chi connectivity index (χ3v) is 7.18. The van der Waals surface area contributed by atoms with Crippen molar-refractivity contribution in [1.82, 2.24) is 14.1 Å². The Morgan fingerprint density at radius 1 is 1.06 bits per heavy atom. The van der Waals surface area contributed by atoms with Crippen LogP contribution in [0.5, 0.6) is 0 Å². The first kappa shape index (κ1) is 24.1. The molecule has 3 rings (SSSR count). The van der Waals surface area contributed by atoms with Crippen molar-refractivity contribution in [2.24, 2.45) is 7.05 Å². The Morgan fingerprint density at radius 3 is 2.28 bits per heavy atom. The number of benzene rings is 2. The molecule has 0 saturated carbocycles. The van der Waals surface area contributed by atoms with Crippen LogP contribution >= 0.6 is 23.2 Å². The van der Waals surface area contributed by atoms with Crippen LogP contribution in [0.25, 0.3) is 5.69 Å². The monoisotopic (exact) mass is 496 g/mol. The van der Waals surface area contributed by atoms with E-state index in [0.29, 0.717) is 11.4 Å². The van der Waals surface area contributed by atoms with Crippen LogP contribution in [0.3, 0.4) is 0 Å². The number of hydrogen-bond acceptors (Lipinski definition) is 4. The maximum absolute atomic E-state index is 13.0. The molecule has 1 aromatic heterocycles. The Kier molecular flexibility index (Phi) is 6.85. The van der Waals surface area contributed by atoms with Crippen LogP contribution in [0, 0.1) is 6.92 Å². The van der Waals surface area contributed by atoms with E-state index in [1.54, 1.807) is 56.8 Å². The molecule has 2 aromatic carbocycles. The zero-order valence-electron chi connectivity index (χ0n) is 17.8. The van der Waals surface area contributed by atoms with Crippen molar-refractivity contribution in [3.8, 4) is 5.69 Å². The predicted molar refractivity (Wildman–Crippen MR) is 126 cm³/mol. The Balaban J connectivity index is 2.04. The van der Waals surface area contributed by atoms with E-state index in [2.05, 4.69) is 10.0 Å². The van der Waals surface area contributed by atoms with Crippen LogP contribution < -0.4 is 15.6 Å². The van der Waals surface area contributed by atoms with Gasteiger partial charge < -0.3 is 5.32 Å². The number of rotatable bonds is 6. The van der Waals surface area contributed by atoms with Crippen molar-refractivity contribution < 1.29 is 13.2 Å². The highest BCUT2D eigenvalue weighted by molar-refractivity contribution is 7.89. The maximum Gasteiger partial charge on any atom is 0.295 e. The lowest BCUT2D eigenvalue weighted by atomic mass is 10.2. The minimum atomic E-state index is -3.98. The molecule has 0 saturated heterocycles. The number of sulfonamides is 1. The van der Waals surface area contributed by atoms with Crippen LogP contribution in [0.4, 0.5) is 5.69 Å². The van der Waals surface area contributed by atoms with Gasteiger partial charge >= 0.3 is 0 Å². The Hall–Kier alpha value is -2.59. The lowest BCUT2D eigenvalue weighted by molar-refractivity contribution is 0.102. The molecule has 1 heterocycles. The summed E-state index contributed by atoms with van der Waals surface area (Å²) in [4.78, 5) is 25.7. The summed E-state index contributed by atoms with van der Waals surface area (Å²) < 4.78 is 30.6. The van der Waals surface area contributed by atoms with Gasteiger partial charge in [0.15, 0.2) is 0 Å². The molecule has 0 radical (unpaired) electrons. The van der Waals surface area contributed by atoms with E-state index >= 15 is 0 Å². The minimum absolute atomic E-state index is 0.0482. The molecule has 0 atom stereocenters. The molecule has 0 spiro atoms. The van der Waals surface area contributed by atoms with Crippen molar-refractivity contribution in [2.75, 3.05) is 5.32 Å². The average molecular weight is 497 g/mol. The standard InChI is InChI=1S/C21H22Cl2N4O4S/c1-12(2)25-32(30,31)18-10-15(16(22)11-17(18)23)20(28)24-19-13(3)26(4)27(21(19)29)14-8-6-5-7-9-14/h5-12,25H,1-4H3,(H,24,28). The van der Waals surface area contributed by atoms with Crippen LogP contribution in [0.2, 0.25) is 10.0 Å². The second kappa shape index (κ2) is 9.11. The SMILES string of the molecule is Cc1c(NC(=O)c2cc(S(=O)(=O)NC(C)C)c(Cl)cc2Cl)c(=O)n(-c2ccccc2)n1C. The number of carbonyl (C=O) groups is 1. The lowest BCUT2D eigenvalue weighted by Gasteiger charge is -2.13. The number of halogens is 2. The highest BCUT2D eigenvalue weighted by Crippen LogP contribution is 2.29. The zero-order valence-corrected chi connectivity index (χ0v) is 20.1. The van der Waals surface area contributed by atoms with Crippen LogP contribution in [-0.2, 0) is 17.1 Å². The van der Waals surface area contributed by atoms with Gasteiger partial charge in [-0.2, -0.15) is 0 Å². The van der Waals surface area contributed by atoms with Gasteiger partial charge in [0.1, 0.15) is 10.6 Å². The molecule has 0 fully saturated rings. The third-order valence-electron chi connectivity index (χ3n) is 4.74. The number of nitrogens with zero attached hydrogens (tertiary/aromatic N) is 2. The molecule has 3 aromatic rings. The van der Waals surface area contributed by atoms with Gasteiger partial charge in [-0.1, -0.05) is 41.4 Å². The molecular formula is C21H22Cl2N4O4S. The van der Waals surface area contributed by atoms with E-state index in [4.69, 9.17) is 23.2 Å². The molecule has 0 aliphatic rings. The Bertz CT molecular complexity index is 1350. The molecular weight excluding hydrogens is 475 g/mol. The minimum Gasteiger partial charge on any atom is -0.316 e. The topological polar surface area (TPSA) is 102 Å². The first-order valence-corrected chi connectivity index (χ1v) is 11.8. The highest BCUT2D eigenvalue weighted by Gasteiger charge is 2.25. The van der Waals surface area contributed by atoms with Gasteiger partial charge in [0, 0.05) is 13.1 Å². The van der Waals surface area contributed by atoms with E-state index in [1.165, 1.54) is 10.7 Å². The number of hydrogen-bond donors (Lipinski definition) is 2. The van der Waals surface area contributed by atoms with Gasteiger partial charge in [-0.05, 0) is 45.0 Å². The molecule has 1 amide bonds. The summed E-state index contributed by atoms with van der Waals surface area (Å²) in [5, 5.41) is 2.40. The van der Waals surface area contributed by atoms with E-state index in [9.17, 15) is 18.0 Å².